The molecule has 1 rings (SSSR count). The van der Waals surface area contributed by atoms with E-state index in [-0.39, 0.29) is 18.6 Å². The maximum atomic E-state index is 10.8. The SMILES string of the molecule is C/C=C/[C@H]1OC(=O)OC[C@@H]1NC(C)=O. The van der Waals surface area contributed by atoms with Gasteiger partial charge >= 0.3 is 6.16 Å². The van der Waals surface area contributed by atoms with Crippen LogP contribution in [-0.2, 0) is 14.3 Å². The van der Waals surface area contributed by atoms with E-state index in [2.05, 4.69) is 10.1 Å². The Hall–Kier alpha value is -1.52. The van der Waals surface area contributed by atoms with Gasteiger partial charge in [-0.25, -0.2) is 4.79 Å². The van der Waals surface area contributed by atoms with E-state index in [1.54, 1.807) is 12.2 Å². The second-order valence-corrected chi connectivity index (χ2v) is 2.98. The highest BCUT2D eigenvalue weighted by molar-refractivity contribution is 5.73. The maximum absolute atomic E-state index is 10.8. The largest absolute Gasteiger partial charge is 0.509 e. The highest BCUT2D eigenvalue weighted by atomic mass is 16.7. The Bertz CT molecular complexity index is 262. The Morgan fingerprint density at radius 2 is 2.36 bits per heavy atom. The molecule has 5 heteroatoms. The van der Waals surface area contributed by atoms with Crippen molar-refractivity contribution in [1.29, 1.82) is 0 Å². The third kappa shape index (κ3) is 2.76. The third-order valence-corrected chi connectivity index (χ3v) is 1.78. The van der Waals surface area contributed by atoms with E-state index in [9.17, 15) is 9.59 Å². The van der Waals surface area contributed by atoms with E-state index in [0.29, 0.717) is 0 Å². The summed E-state index contributed by atoms with van der Waals surface area (Å²) in [5, 5.41) is 2.64. The molecule has 14 heavy (non-hydrogen) atoms. The predicted molar refractivity (Wildman–Crippen MR) is 48.6 cm³/mol. The van der Waals surface area contributed by atoms with Gasteiger partial charge in [0.2, 0.25) is 5.91 Å². The number of amides is 1. The van der Waals surface area contributed by atoms with E-state index in [0.717, 1.165) is 0 Å². The lowest BCUT2D eigenvalue weighted by Crippen LogP contribution is -2.50. The van der Waals surface area contributed by atoms with Crippen molar-refractivity contribution in [3.63, 3.8) is 0 Å². The molecule has 0 radical (unpaired) electrons. The number of carbonyl (C=O) groups excluding carboxylic acids is 2. The minimum Gasteiger partial charge on any atom is -0.432 e. The average molecular weight is 199 g/mol. The molecule has 1 saturated heterocycles. The smallest absolute Gasteiger partial charge is 0.432 e. The molecule has 1 amide bonds. The van der Waals surface area contributed by atoms with Crippen LogP contribution in [-0.4, -0.2) is 30.8 Å². The number of rotatable bonds is 2. The molecule has 0 aromatic rings. The van der Waals surface area contributed by atoms with Crippen molar-refractivity contribution in [2.75, 3.05) is 6.61 Å². The normalized spacial score (nSPS) is 26.9. The fourth-order valence-electron chi connectivity index (χ4n) is 1.23. The van der Waals surface area contributed by atoms with Gasteiger partial charge in [0.25, 0.3) is 0 Å². The van der Waals surface area contributed by atoms with Crippen LogP contribution in [0.5, 0.6) is 0 Å². The summed E-state index contributed by atoms with van der Waals surface area (Å²) in [6.07, 6.45) is 2.33. The van der Waals surface area contributed by atoms with Gasteiger partial charge in [-0.2, -0.15) is 0 Å². The standard InChI is InChI=1S/C9H13NO4/c1-3-4-8-7(10-6(2)11)5-13-9(12)14-8/h3-4,7-8H,5H2,1-2H3,(H,10,11)/b4-3+/t7-,8+/m0/s1. The van der Waals surface area contributed by atoms with Crippen LogP contribution in [0.3, 0.4) is 0 Å². The fourth-order valence-corrected chi connectivity index (χ4v) is 1.23. The molecule has 0 saturated carbocycles. The topological polar surface area (TPSA) is 64.6 Å². The summed E-state index contributed by atoms with van der Waals surface area (Å²) in [5.41, 5.74) is 0. The van der Waals surface area contributed by atoms with Gasteiger partial charge in [0, 0.05) is 6.92 Å². The molecule has 2 atom stereocenters. The van der Waals surface area contributed by atoms with Gasteiger partial charge in [-0.3, -0.25) is 4.79 Å². The van der Waals surface area contributed by atoms with Crippen LogP contribution < -0.4 is 5.32 Å². The van der Waals surface area contributed by atoms with Crippen molar-refractivity contribution in [1.82, 2.24) is 5.32 Å². The summed E-state index contributed by atoms with van der Waals surface area (Å²) in [5.74, 6) is -0.175. The number of carbonyl (C=O) groups is 2. The van der Waals surface area contributed by atoms with E-state index in [1.807, 2.05) is 6.92 Å². The van der Waals surface area contributed by atoms with Gasteiger partial charge in [0.1, 0.15) is 18.8 Å². The van der Waals surface area contributed by atoms with Crippen molar-refractivity contribution >= 4 is 12.1 Å². The summed E-state index contributed by atoms with van der Waals surface area (Å²) < 4.78 is 9.54. The molecule has 0 aliphatic carbocycles. The number of hydrogen-bond donors (Lipinski definition) is 1. The number of cyclic esters (lactones) is 2. The first-order valence-electron chi connectivity index (χ1n) is 4.37. The van der Waals surface area contributed by atoms with Gasteiger partial charge in [0.05, 0.1) is 0 Å². The second-order valence-electron chi connectivity index (χ2n) is 2.98. The summed E-state index contributed by atoms with van der Waals surface area (Å²) in [7, 11) is 0. The lowest BCUT2D eigenvalue weighted by atomic mass is 10.1. The highest BCUT2D eigenvalue weighted by Crippen LogP contribution is 2.10. The zero-order chi connectivity index (χ0) is 10.6. The van der Waals surface area contributed by atoms with Gasteiger partial charge in [-0.05, 0) is 13.0 Å². The number of allylic oxidation sites excluding steroid dienone is 1. The van der Waals surface area contributed by atoms with E-state index >= 15 is 0 Å². The molecule has 1 N–H and O–H groups in total. The van der Waals surface area contributed by atoms with Crippen molar-refractivity contribution < 1.29 is 19.1 Å². The van der Waals surface area contributed by atoms with Crippen molar-refractivity contribution in [3.05, 3.63) is 12.2 Å². The molecule has 0 aromatic carbocycles. The number of hydrogen-bond acceptors (Lipinski definition) is 4. The molecular formula is C9H13NO4. The molecule has 1 heterocycles. The molecule has 0 aromatic heterocycles. The molecule has 0 spiro atoms. The minimum atomic E-state index is -0.699. The molecule has 1 aliphatic heterocycles. The van der Waals surface area contributed by atoms with Crippen LogP contribution in [0.2, 0.25) is 0 Å². The Morgan fingerprint density at radius 1 is 1.64 bits per heavy atom. The first kappa shape index (κ1) is 10.6. The first-order chi connectivity index (χ1) is 6.63. The predicted octanol–water partition coefficient (Wildman–Crippen LogP) is 0.603. The Balaban J connectivity index is 2.62. The minimum absolute atomic E-state index is 0.146. The first-order valence-corrected chi connectivity index (χ1v) is 4.37. The number of nitrogens with one attached hydrogen (secondary N) is 1. The monoisotopic (exact) mass is 199 g/mol. The zero-order valence-corrected chi connectivity index (χ0v) is 8.15. The van der Waals surface area contributed by atoms with E-state index in [4.69, 9.17) is 4.74 Å². The Kier molecular flexibility index (Phi) is 3.50. The molecule has 0 bridgehead atoms. The average Bonchev–Trinajstić information content (AvgIpc) is 2.09. The van der Waals surface area contributed by atoms with Crippen LogP contribution in [0.4, 0.5) is 4.79 Å². The summed E-state index contributed by atoms with van der Waals surface area (Å²) >= 11 is 0. The van der Waals surface area contributed by atoms with Gasteiger partial charge in [-0.15, -0.1) is 0 Å². The van der Waals surface area contributed by atoms with E-state index < -0.39 is 12.3 Å². The quantitative estimate of drug-likeness (QED) is 0.522. The second kappa shape index (κ2) is 4.64. The van der Waals surface area contributed by atoms with Gasteiger partial charge in [-0.1, -0.05) is 6.08 Å². The van der Waals surface area contributed by atoms with Crippen LogP contribution >= 0.6 is 0 Å². The third-order valence-electron chi connectivity index (χ3n) is 1.78. The fraction of sp³-hybridized carbons (Fsp3) is 0.556. The van der Waals surface area contributed by atoms with Crippen LogP contribution in [0.25, 0.3) is 0 Å². The van der Waals surface area contributed by atoms with Crippen molar-refractivity contribution in [3.8, 4) is 0 Å². The lowest BCUT2D eigenvalue weighted by Gasteiger charge is -2.28. The Labute approximate surface area is 82.1 Å². The van der Waals surface area contributed by atoms with Crippen molar-refractivity contribution in [2.45, 2.75) is 26.0 Å². The molecule has 1 aliphatic rings. The maximum Gasteiger partial charge on any atom is 0.509 e. The molecule has 5 nitrogen and oxygen atoms in total. The van der Waals surface area contributed by atoms with Crippen LogP contribution in [0.1, 0.15) is 13.8 Å². The van der Waals surface area contributed by atoms with Crippen molar-refractivity contribution in [2.24, 2.45) is 0 Å². The molecule has 1 fully saturated rings. The van der Waals surface area contributed by atoms with E-state index in [1.165, 1.54) is 6.92 Å². The summed E-state index contributed by atoms with van der Waals surface area (Å²) in [6.45, 7) is 3.37. The van der Waals surface area contributed by atoms with Gasteiger partial charge < -0.3 is 14.8 Å². The zero-order valence-electron chi connectivity index (χ0n) is 8.15. The van der Waals surface area contributed by atoms with Crippen LogP contribution in [0, 0.1) is 0 Å². The summed E-state index contributed by atoms with van der Waals surface area (Å²) in [6, 6.07) is -0.304. The molecule has 78 valence electrons. The summed E-state index contributed by atoms with van der Waals surface area (Å²) in [4.78, 5) is 21.6. The lowest BCUT2D eigenvalue weighted by molar-refractivity contribution is -0.122. The molecular weight excluding hydrogens is 186 g/mol. The highest BCUT2D eigenvalue weighted by Gasteiger charge is 2.30. The molecule has 0 unspecified atom stereocenters. The van der Waals surface area contributed by atoms with Gasteiger partial charge in [0.15, 0.2) is 0 Å². The number of ether oxygens (including phenoxy) is 2. The Morgan fingerprint density at radius 3 is 2.93 bits per heavy atom. The van der Waals surface area contributed by atoms with Crippen LogP contribution in [0.15, 0.2) is 12.2 Å².